The molecule has 7 nitrogen and oxygen atoms in total. The lowest BCUT2D eigenvalue weighted by molar-refractivity contribution is 0.0628. The third-order valence-electron chi connectivity index (χ3n) is 6.95. The molecule has 4 aromatic rings. The molecule has 1 aliphatic heterocycles. The van der Waals surface area contributed by atoms with Crippen LogP contribution in [0, 0.1) is 0 Å². The van der Waals surface area contributed by atoms with Crippen LogP contribution in [-0.2, 0) is 16.6 Å². The topological polar surface area (TPSA) is 82.6 Å². The fourth-order valence-electron chi connectivity index (χ4n) is 4.78. The molecular formula is C30H32N4O3S. The van der Waals surface area contributed by atoms with Crippen LogP contribution in [0.4, 0.5) is 5.69 Å². The number of para-hydroxylation sites is 1. The number of nitrogens with zero attached hydrogens (tertiary/aromatic N) is 3. The zero-order valence-electron chi connectivity index (χ0n) is 21.7. The lowest BCUT2D eigenvalue weighted by Gasteiger charge is -2.35. The van der Waals surface area contributed by atoms with Gasteiger partial charge >= 0.3 is 0 Å². The molecule has 1 amide bonds. The summed E-state index contributed by atoms with van der Waals surface area (Å²) in [5.41, 5.74) is 3.99. The standard InChI is InChI=1S/C30H32N4O3S/c1-22(2)26-8-3-6-23(20-26)21-33-16-18-34(19-17-33)30(35)25-11-13-27(14-12-25)32-38(36,37)28-10-4-7-24-9-5-15-31-29(24)28/h3-15,20,22,32H,16-19,21H2,1-2H3. The molecule has 1 aliphatic rings. The molecular weight excluding hydrogens is 496 g/mol. The van der Waals surface area contributed by atoms with E-state index < -0.39 is 10.0 Å². The minimum absolute atomic E-state index is 0.0425. The van der Waals surface area contributed by atoms with Gasteiger partial charge in [-0.15, -0.1) is 0 Å². The number of aromatic nitrogens is 1. The maximum Gasteiger partial charge on any atom is 0.264 e. The predicted molar refractivity (Wildman–Crippen MR) is 151 cm³/mol. The van der Waals surface area contributed by atoms with Crippen LogP contribution in [0.2, 0.25) is 0 Å². The largest absolute Gasteiger partial charge is 0.336 e. The highest BCUT2D eigenvalue weighted by Crippen LogP contribution is 2.24. The number of hydrogen-bond donors (Lipinski definition) is 1. The third kappa shape index (κ3) is 5.71. The summed E-state index contributed by atoms with van der Waals surface area (Å²) in [6.07, 6.45) is 1.58. The van der Waals surface area contributed by atoms with Crippen LogP contribution >= 0.6 is 0 Å². The summed E-state index contributed by atoms with van der Waals surface area (Å²) in [4.78, 5) is 21.7. The number of rotatable bonds is 7. The number of sulfonamides is 1. The number of carbonyl (C=O) groups excluding carboxylic acids is 1. The number of carbonyl (C=O) groups is 1. The molecule has 0 radical (unpaired) electrons. The molecule has 1 aromatic heterocycles. The van der Waals surface area contributed by atoms with Crippen LogP contribution in [0.25, 0.3) is 10.9 Å². The first-order chi connectivity index (χ1) is 18.3. The molecule has 1 saturated heterocycles. The van der Waals surface area contributed by atoms with E-state index in [9.17, 15) is 13.2 Å². The zero-order valence-corrected chi connectivity index (χ0v) is 22.5. The molecule has 2 heterocycles. The first-order valence-electron chi connectivity index (χ1n) is 12.9. The van der Waals surface area contributed by atoms with Crippen molar-refractivity contribution in [3.8, 4) is 0 Å². The van der Waals surface area contributed by atoms with Gasteiger partial charge in [0.25, 0.3) is 15.9 Å². The van der Waals surface area contributed by atoms with Crippen LogP contribution in [0.3, 0.4) is 0 Å². The summed E-state index contributed by atoms with van der Waals surface area (Å²) in [5.74, 6) is 0.459. The van der Waals surface area contributed by atoms with Gasteiger partial charge < -0.3 is 4.90 Å². The zero-order chi connectivity index (χ0) is 26.7. The van der Waals surface area contributed by atoms with Crippen molar-refractivity contribution in [1.82, 2.24) is 14.8 Å². The van der Waals surface area contributed by atoms with E-state index in [0.29, 0.717) is 35.8 Å². The monoisotopic (exact) mass is 528 g/mol. The number of piperazine rings is 1. The van der Waals surface area contributed by atoms with E-state index in [4.69, 9.17) is 0 Å². The maximum absolute atomic E-state index is 13.1. The summed E-state index contributed by atoms with van der Waals surface area (Å²) in [5, 5.41) is 0.750. The summed E-state index contributed by atoms with van der Waals surface area (Å²) in [6.45, 7) is 8.23. The van der Waals surface area contributed by atoms with E-state index in [1.54, 1.807) is 42.6 Å². The molecule has 5 rings (SSSR count). The van der Waals surface area contributed by atoms with Crippen LogP contribution < -0.4 is 4.72 Å². The van der Waals surface area contributed by atoms with Crippen LogP contribution in [0.1, 0.15) is 41.3 Å². The Morgan fingerprint density at radius 3 is 2.37 bits per heavy atom. The second kappa shape index (κ2) is 10.9. The number of hydrogen-bond acceptors (Lipinski definition) is 5. The summed E-state index contributed by atoms with van der Waals surface area (Å²) in [6, 6.07) is 24.0. The third-order valence-corrected chi connectivity index (χ3v) is 8.37. The average Bonchev–Trinajstić information content (AvgIpc) is 2.93. The van der Waals surface area contributed by atoms with E-state index in [0.717, 1.165) is 25.0 Å². The van der Waals surface area contributed by atoms with Gasteiger partial charge in [-0.05, 0) is 53.4 Å². The van der Waals surface area contributed by atoms with Gasteiger partial charge in [-0.3, -0.25) is 19.4 Å². The Morgan fingerprint density at radius 1 is 0.921 bits per heavy atom. The van der Waals surface area contributed by atoms with Crippen LogP contribution in [0.5, 0.6) is 0 Å². The predicted octanol–water partition coefficient (Wildman–Crippen LogP) is 5.12. The van der Waals surface area contributed by atoms with Gasteiger partial charge in [0, 0.05) is 55.6 Å². The number of pyridine rings is 1. The molecule has 196 valence electrons. The molecule has 3 aromatic carbocycles. The maximum atomic E-state index is 13.1. The minimum atomic E-state index is -3.85. The van der Waals surface area contributed by atoms with E-state index in [2.05, 4.69) is 52.7 Å². The number of anilines is 1. The van der Waals surface area contributed by atoms with Crippen molar-refractivity contribution in [2.45, 2.75) is 31.2 Å². The first kappa shape index (κ1) is 25.9. The van der Waals surface area contributed by atoms with Crippen molar-refractivity contribution in [1.29, 1.82) is 0 Å². The Balaban J connectivity index is 1.20. The Bertz CT molecular complexity index is 1540. The van der Waals surface area contributed by atoms with Crippen LogP contribution in [0.15, 0.2) is 90.0 Å². The van der Waals surface area contributed by atoms with Gasteiger partial charge in [-0.25, -0.2) is 8.42 Å². The van der Waals surface area contributed by atoms with E-state index >= 15 is 0 Å². The molecule has 0 unspecified atom stereocenters. The number of fused-ring (bicyclic) bond motifs is 1. The SMILES string of the molecule is CC(C)c1cccc(CN2CCN(C(=O)c3ccc(NS(=O)(=O)c4cccc5cccnc45)cc3)CC2)c1. The van der Waals surface area contributed by atoms with Gasteiger partial charge in [-0.2, -0.15) is 0 Å². The summed E-state index contributed by atoms with van der Waals surface area (Å²) in [7, 11) is -3.85. The van der Waals surface area contributed by atoms with E-state index in [1.807, 2.05) is 17.0 Å². The van der Waals surface area contributed by atoms with Gasteiger partial charge in [0.2, 0.25) is 0 Å². The highest BCUT2D eigenvalue weighted by atomic mass is 32.2. The van der Waals surface area contributed by atoms with Crippen molar-refractivity contribution in [2.75, 3.05) is 30.9 Å². The molecule has 0 aliphatic carbocycles. The highest BCUT2D eigenvalue weighted by molar-refractivity contribution is 7.93. The number of nitrogens with one attached hydrogen (secondary N) is 1. The molecule has 1 fully saturated rings. The quantitative estimate of drug-likeness (QED) is 0.360. The Labute approximate surface area is 224 Å². The second-order valence-electron chi connectivity index (χ2n) is 9.98. The van der Waals surface area contributed by atoms with Crippen LogP contribution in [-0.4, -0.2) is 55.3 Å². The molecule has 0 saturated carbocycles. The van der Waals surface area contributed by atoms with Crippen molar-refractivity contribution >= 4 is 32.5 Å². The Kier molecular flexibility index (Phi) is 7.44. The van der Waals surface area contributed by atoms with Gasteiger partial charge in [0.05, 0.1) is 5.52 Å². The first-order valence-corrected chi connectivity index (χ1v) is 14.4. The molecule has 8 heteroatoms. The Hall–Kier alpha value is -3.75. The van der Waals surface area contributed by atoms with Crippen molar-refractivity contribution in [2.24, 2.45) is 0 Å². The van der Waals surface area contributed by atoms with Crippen molar-refractivity contribution in [3.63, 3.8) is 0 Å². The number of benzene rings is 3. The van der Waals surface area contributed by atoms with Gasteiger partial charge in [0.15, 0.2) is 0 Å². The van der Waals surface area contributed by atoms with E-state index in [-0.39, 0.29) is 10.8 Å². The second-order valence-corrected chi connectivity index (χ2v) is 11.6. The van der Waals surface area contributed by atoms with E-state index in [1.165, 1.54) is 17.2 Å². The fourth-order valence-corrected chi connectivity index (χ4v) is 6.02. The Morgan fingerprint density at radius 2 is 1.63 bits per heavy atom. The summed E-state index contributed by atoms with van der Waals surface area (Å²) < 4.78 is 28.7. The fraction of sp³-hybridized carbons (Fsp3) is 0.267. The normalized spacial score (nSPS) is 14.7. The average molecular weight is 529 g/mol. The highest BCUT2D eigenvalue weighted by Gasteiger charge is 2.23. The molecule has 0 spiro atoms. The minimum Gasteiger partial charge on any atom is -0.336 e. The van der Waals surface area contributed by atoms with Crippen molar-refractivity contribution in [3.05, 3.63) is 102 Å². The number of amides is 1. The van der Waals surface area contributed by atoms with Gasteiger partial charge in [-0.1, -0.05) is 56.3 Å². The lowest BCUT2D eigenvalue weighted by Crippen LogP contribution is -2.48. The molecule has 0 atom stereocenters. The lowest BCUT2D eigenvalue weighted by atomic mass is 10.0. The smallest absolute Gasteiger partial charge is 0.264 e. The van der Waals surface area contributed by atoms with Crippen molar-refractivity contribution < 1.29 is 13.2 Å². The molecule has 38 heavy (non-hydrogen) atoms. The summed E-state index contributed by atoms with van der Waals surface area (Å²) >= 11 is 0. The molecule has 1 N–H and O–H groups in total. The van der Waals surface area contributed by atoms with Gasteiger partial charge in [0.1, 0.15) is 4.90 Å². The molecule has 0 bridgehead atoms.